The number of nitrogen functional groups attached to an aromatic ring is 1. The van der Waals surface area contributed by atoms with Crippen LogP contribution in [0.15, 0.2) is 10.9 Å². The molecule has 1 fully saturated rings. The number of H-pyrrole nitrogens is 1. The standard InChI is InChI=1S/C9H14N4O/c10-7-5-8(14)13-9(12-7)6-1-3-11-4-2-6/h5-6,11H,1-4H2,(H3,10,12,13,14). The monoisotopic (exact) mass is 194 g/mol. The van der Waals surface area contributed by atoms with Gasteiger partial charge in [-0.15, -0.1) is 0 Å². The van der Waals surface area contributed by atoms with Crippen LogP contribution in [0.2, 0.25) is 0 Å². The van der Waals surface area contributed by atoms with Crippen LogP contribution in [0.5, 0.6) is 0 Å². The Morgan fingerprint density at radius 2 is 2.14 bits per heavy atom. The van der Waals surface area contributed by atoms with Gasteiger partial charge in [-0.2, -0.15) is 0 Å². The van der Waals surface area contributed by atoms with E-state index in [4.69, 9.17) is 5.73 Å². The number of nitrogens with one attached hydrogen (secondary N) is 2. The lowest BCUT2D eigenvalue weighted by molar-refractivity contribution is 0.444. The van der Waals surface area contributed by atoms with Crippen LogP contribution >= 0.6 is 0 Å². The fourth-order valence-corrected chi connectivity index (χ4v) is 1.78. The van der Waals surface area contributed by atoms with Gasteiger partial charge in [-0.3, -0.25) is 4.79 Å². The van der Waals surface area contributed by atoms with E-state index in [0.29, 0.717) is 11.7 Å². The van der Waals surface area contributed by atoms with Gasteiger partial charge in [-0.25, -0.2) is 4.98 Å². The molecule has 2 heterocycles. The highest BCUT2D eigenvalue weighted by Gasteiger charge is 2.17. The molecule has 1 aliphatic heterocycles. The molecule has 5 heteroatoms. The number of rotatable bonds is 1. The molecule has 1 aliphatic rings. The molecule has 0 atom stereocenters. The van der Waals surface area contributed by atoms with E-state index in [9.17, 15) is 4.79 Å². The summed E-state index contributed by atoms with van der Waals surface area (Å²) < 4.78 is 0. The first-order valence-electron chi connectivity index (χ1n) is 4.83. The van der Waals surface area contributed by atoms with Crippen LogP contribution in [-0.2, 0) is 0 Å². The number of nitrogens with two attached hydrogens (primary N) is 1. The molecule has 4 N–H and O–H groups in total. The van der Waals surface area contributed by atoms with Crippen molar-refractivity contribution in [3.63, 3.8) is 0 Å². The highest BCUT2D eigenvalue weighted by molar-refractivity contribution is 5.26. The molecular formula is C9H14N4O. The minimum atomic E-state index is -0.161. The first-order chi connectivity index (χ1) is 6.75. The van der Waals surface area contributed by atoms with Crippen molar-refractivity contribution in [1.29, 1.82) is 0 Å². The van der Waals surface area contributed by atoms with E-state index in [1.165, 1.54) is 6.07 Å². The summed E-state index contributed by atoms with van der Waals surface area (Å²) in [6.45, 7) is 1.95. The van der Waals surface area contributed by atoms with E-state index < -0.39 is 0 Å². The Hall–Kier alpha value is -1.36. The van der Waals surface area contributed by atoms with Gasteiger partial charge in [-0.1, -0.05) is 0 Å². The number of aromatic nitrogens is 2. The van der Waals surface area contributed by atoms with E-state index >= 15 is 0 Å². The van der Waals surface area contributed by atoms with Crippen molar-refractivity contribution in [3.8, 4) is 0 Å². The Morgan fingerprint density at radius 3 is 2.79 bits per heavy atom. The van der Waals surface area contributed by atoms with Gasteiger partial charge < -0.3 is 16.0 Å². The Morgan fingerprint density at radius 1 is 1.43 bits per heavy atom. The first kappa shape index (κ1) is 9.21. The number of aromatic amines is 1. The van der Waals surface area contributed by atoms with E-state index in [1.807, 2.05) is 0 Å². The Bertz CT molecular complexity index is 367. The second-order valence-electron chi connectivity index (χ2n) is 3.58. The van der Waals surface area contributed by atoms with E-state index in [-0.39, 0.29) is 5.56 Å². The maximum absolute atomic E-state index is 11.2. The number of hydrogen-bond donors (Lipinski definition) is 3. The fraction of sp³-hybridized carbons (Fsp3) is 0.556. The molecule has 5 nitrogen and oxygen atoms in total. The molecule has 0 aliphatic carbocycles. The van der Waals surface area contributed by atoms with Crippen LogP contribution in [0.25, 0.3) is 0 Å². The van der Waals surface area contributed by atoms with Gasteiger partial charge in [-0.05, 0) is 25.9 Å². The summed E-state index contributed by atoms with van der Waals surface area (Å²) in [7, 11) is 0. The second kappa shape index (κ2) is 3.79. The molecule has 1 aromatic heterocycles. The lowest BCUT2D eigenvalue weighted by atomic mass is 9.97. The summed E-state index contributed by atoms with van der Waals surface area (Å²) in [6.07, 6.45) is 2.01. The molecule has 14 heavy (non-hydrogen) atoms. The summed E-state index contributed by atoms with van der Waals surface area (Å²) >= 11 is 0. The normalized spacial score (nSPS) is 18.3. The predicted octanol–water partition coefficient (Wildman–Crippen LogP) is -0.181. The van der Waals surface area contributed by atoms with Gasteiger partial charge in [0.05, 0.1) is 0 Å². The van der Waals surface area contributed by atoms with Gasteiger partial charge in [0, 0.05) is 12.0 Å². The molecule has 1 aromatic rings. The van der Waals surface area contributed by atoms with E-state index in [2.05, 4.69) is 15.3 Å². The molecule has 76 valence electrons. The second-order valence-corrected chi connectivity index (χ2v) is 3.58. The van der Waals surface area contributed by atoms with Crippen LogP contribution < -0.4 is 16.6 Å². The number of hydrogen-bond acceptors (Lipinski definition) is 4. The molecule has 2 rings (SSSR count). The van der Waals surface area contributed by atoms with Gasteiger partial charge in [0.1, 0.15) is 11.6 Å². The number of anilines is 1. The van der Waals surface area contributed by atoms with Crippen molar-refractivity contribution in [3.05, 3.63) is 22.2 Å². The molecule has 0 bridgehead atoms. The lowest BCUT2D eigenvalue weighted by Gasteiger charge is -2.21. The smallest absolute Gasteiger partial charge is 0.252 e. The average Bonchev–Trinajstić information content (AvgIpc) is 2.18. The van der Waals surface area contributed by atoms with Crippen LogP contribution in [-0.4, -0.2) is 23.1 Å². The zero-order valence-electron chi connectivity index (χ0n) is 7.92. The molecule has 1 saturated heterocycles. The third-order valence-corrected chi connectivity index (χ3v) is 2.51. The van der Waals surface area contributed by atoms with E-state index in [0.717, 1.165) is 31.8 Å². The minimum absolute atomic E-state index is 0.161. The molecule has 0 radical (unpaired) electrons. The van der Waals surface area contributed by atoms with Crippen molar-refractivity contribution in [2.75, 3.05) is 18.8 Å². The zero-order valence-corrected chi connectivity index (χ0v) is 7.92. The predicted molar refractivity (Wildman–Crippen MR) is 54.1 cm³/mol. The van der Waals surface area contributed by atoms with Crippen molar-refractivity contribution >= 4 is 5.82 Å². The SMILES string of the molecule is Nc1cc(=O)[nH]c(C2CCNCC2)n1. The topological polar surface area (TPSA) is 83.8 Å². The van der Waals surface area contributed by atoms with Crippen molar-refractivity contribution < 1.29 is 0 Å². The Balaban J connectivity index is 2.26. The molecule has 0 aromatic carbocycles. The van der Waals surface area contributed by atoms with Crippen molar-refractivity contribution in [2.45, 2.75) is 18.8 Å². The number of piperidine rings is 1. The van der Waals surface area contributed by atoms with Gasteiger partial charge >= 0.3 is 0 Å². The molecular weight excluding hydrogens is 180 g/mol. The van der Waals surface area contributed by atoms with Crippen molar-refractivity contribution in [2.24, 2.45) is 0 Å². The summed E-state index contributed by atoms with van der Waals surface area (Å²) in [4.78, 5) is 18.1. The first-order valence-corrected chi connectivity index (χ1v) is 4.83. The zero-order chi connectivity index (χ0) is 9.97. The third-order valence-electron chi connectivity index (χ3n) is 2.51. The van der Waals surface area contributed by atoms with Crippen molar-refractivity contribution in [1.82, 2.24) is 15.3 Å². The molecule has 0 unspecified atom stereocenters. The van der Waals surface area contributed by atoms with Crippen LogP contribution in [0, 0.1) is 0 Å². The van der Waals surface area contributed by atoms with Gasteiger partial charge in [0.15, 0.2) is 0 Å². The van der Waals surface area contributed by atoms with Crippen LogP contribution in [0.1, 0.15) is 24.6 Å². The fourth-order valence-electron chi connectivity index (χ4n) is 1.78. The molecule has 0 spiro atoms. The Kier molecular flexibility index (Phi) is 2.49. The molecule has 0 saturated carbocycles. The highest BCUT2D eigenvalue weighted by Crippen LogP contribution is 2.21. The molecule has 0 amide bonds. The maximum Gasteiger partial charge on any atom is 0.252 e. The summed E-state index contributed by atoms with van der Waals surface area (Å²) in [5.41, 5.74) is 5.36. The lowest BCUT2D eigenvalue weighted by Crippen LogP contribution is -2.28. The Labute approximate surface area is 81.7 Å². The maximum atomic E-state index is 11.2. The highest BCUT2D eigenvalue weighted by atomic mass is 16.1. The summed E-state index contributed by atoms with van der Waals surface area (Å²) in [5, 5.41) is 3.26. The van der Waals surface area contributed by atoms with Gasteiger partial charge in [0.25, 0.3) is 5.56 Å². The summed E-state index contributed by atoms with van der Waals surface area (Å²) in [6, 6.07) is 1.31. The summed E-state index contributed by atoms with van der Waals surface area (Å²) in [5.74, 6) is 1.38. The van der Waals surface area contributed by atoms with Crippen LogP contribution in [0.4, 0.5) is 5.82 Å². The number of nitrogens with zero attached hydrogens (tertiary/aromatic N) is 1. The largest absolute Gasteiger partial charge is 0.383 e. The quantitative estimate of drug-likeness (QED) is 0.579. The van der Waals surface area contributed by atoms with Gasteiger partial charge in [0.2, 0.25) is 0 Å². The van der Waals surface area contributed by atoms with Crippen LogP contribution in [0.3, 0.4) is 0 Å². The third kappa shape index (κ3) is 1.93. The van der Waals surface area contributed by atoms with E-state index in [1.54, 1.807) is 0 Å². The average molecular weight is 194 g/mol. The minimum Gasteiger partial charge on any atom is -0.383 e.